The van der Waals surface area contributed by atoms with Crippen LogP contribution in [-0.2, 0) is 0 Å². The molecule has 29 heavy (non-hydrogen) atoms. The summed E-state index contributed by atoms with van der Waals surface area (Å²) in [5.41, 5.74) is 1.38. The molecule has 3 aromatic carbocycles. The number of halogens is 1. The van der Waals surface area contributed by atoms with Crippen LogP contribution in [0.4, 0.5) is 17.1 Å². The standard InChI is InChI=1S/C20H14ClN3O5/c1-13-17(21)6-3-7-18(13)22-12-14-4-2-5-16(10-14)29-20-9-8-15(23(25)26)11-19(20)24(27)28/h2-12H,1H3. The largest absolute Gasteiger partial charge is 0.450 e. The van der Waals surface area contributed by atoms with E-state index >= 15 is 0 Å². The van der Waals surface area contributed by atoms with Gasteiger partial charge in [-0.3, -0.25) is 25.2 Å². The van der Waals surface area contributed by atoms with Crippen molar-refractivity contribution >= 4 is 34.9 Å². The third-order valence-corrected chi connectivity index (χ3v) is 4.44. The summed E-state index contributed by atoms with van der Waals surface area (Å²) in [6.07, 6.45) is 1.62. The molecule has 3 rings (SSSR count). The highest BCUT2D eigenvalue weighted by molar-refractivity contribution is 6.31. The number of rotatable bonds is 6. The Labute approximate surface area is 170 Å². The molecule has 0 amide bonds. The predicted molar refractivity (Wildman–Crippen MR) is 110 cm³/mol. The van der Waals surface area contributed by atoms with Gasteiger partial charge in [0.1, 0.15) is 5.75 Å². The zero-order chi connectivity index (χ0) is 21.0. The van der Waals surface area contributed by atoms with Crippen LogP contribution < -0.4 is 4.74 Å². The number of nitrogens with zero attached hydrogens (tertiary/aromatic N) is 3. The number of hydrogen-bond donors (Lipinski definition) is 0. The number of hydrogen-bond acceptors (Lipinski definition) is 6. The molecule has 8 nitrogen and oxygen atoms in total. The van der Waals surface area contributed by atoms with E-state index in [9.17, 15) is 20.2 Å². The maximum Gasteiger partial charge on any atom is 0.318 e. The highest BCUT2D eigenvalue weighted by atomic mass is 35.5. The zero-order valence-corrected chi connectivity index (χ0v) is 15.9. The minimum absolute atomic E-state index is 0.0969. The molecule has 0 heterocycles. The van der Waals surface area contributed by atoms with Crippen LogP contribution in [0, 0.1) is 27.2 Å². The van der Waals surface area contributed by atoms with Gasteiger partial charge < -0.3 is 4.74 Å². The van der Waals surface area contributed by atoms with Gasteiger partial charge in [-0.05, 0) is 48.4 Å². The Hall–Kier alpha value is -3.78. The molecule has 0 spiro atoms. The summed E-state index contributed by atoms with van der Waals surface area (Å²) >= 11 is 6.09. The van der Waals surface area contributed by atoms with E-state index in [1.54, 1.807) is 42.6 Å². The highest BCUT2D eigenvalue weighted by Gasteiger charge is 2.21. The van der Waals surface area contributed by atoms with Gasteiger partial charge in [0.05, 0.1) is 21.6 Å². The molecule has 0 saturated carbocycles. The molecule has 0 aromatic heterocycles. The van der Waals surface area contributed by atoms with E-state index in [4.69, 9.17) is 16.3 Å². The molecule has 0 atom stereocenters. The Balaban J connectivity index is 1.87. The Morgan fingerprint density at radius 2 is 1.76 bits per heavy atom. The van der Waals surface area contributed by atoms with Gasteiger partial charge in [-0.25, -0.2) is 0 Å². The fourth-order valence-electron chi connectivity index (χ4n) is 2.51. The number of non-ortho nitro benzene ring substituents is 1. The first-order chi connectivity index (χ1) is 13.8. The first kappa shape index (κ1) is 20.0. The van der Waals surface area contributed by atoms with Crippen LogP contribution in [0.25, 0.3) is 0 Å². The molecule has 0 aliphatic carbocycles. The third kappa shape index (κ3) is 4.74. The van der Waals surface area contributed by atoms with Crippen molar-refractivity contribution in [3.05, 3.63) is 97.0 Å². The van der Waals surface area contributed by atoms with Crippen LogP contribution in [0.2, 0.25) is 5.02 Å². The van der Waals surface area contributed by atoms with Crippen molar-refractivity contribution in [2.45, 2.75) is 6.92 Å². The second kappa shape index (κ2) is 8.49. The molecule has 0 unspecified atom stereocenters. The molecule has 0 radical (unpaired) electrons. The van der Waals surface area contributed by atoms with Crippen molar-refractivity contribution in [2.24, 2.45) is 4.99 Å². The van der Waals surface area contributed by atoms with Gasteiger partial charge in [-0.15, -0.1) is 0 Å². The number of ether oxygens (including phenoxy) is 1. The number of nitro benzene ring substituents is 2. The molecule has 0 aliphatic rings. The second-order valence-electron chi connectivity index (χ2n) is 5.98. The molecule has 9 heteroatoms. The average Bonchev–Trinajstić information content (AvgIpc) is 2.69. The Kier molecular flexibility index (Phi) is 5.85. The fraction of sp³-hybridized carbons (Fsp3) is 0.0500. The number of benzene rings is 3. The van der Waals surface area contributed by atoms with E-state index in [0.717, 1.165) is 23.4 Å². The van der Waals surface area contributed by atoms with E-state index in [-0.39, 0.29) is 11.4 Å². The van der Waals surface area contributed by atoms with Crippen molar-refractivity contribution in [1.29, 1.82) is 0 Å². The molecule has 0 N–H and O–H groups in total. The van der Waals surface area contributed by atoms with Gasteiger partial charge in [0.25, 0.3) is 5.69 Å². The Morgan fingerprint density at radius 1 is 1.00 bits per heavy atom. The maximum atomic E-state index is 11.2. The van der Waals surface area contributed by atoms with Crippen LogP contribution in [0.3, 0.4) is 0 Å². The molecular formula is C20H14ClN3O5. The highest BCUT2D eigenvalue weighted by Crippen LogP contribution is 2.34. The first-order valence-corrected chi connectivity index (χ1v) is 8.73. The van der Waals surface area contributed by atoms with Crippen molar-refractivity contribution < 1.29 is 14.6 Å². The lowest BCUT2D eigenvalue weighted by Gasteiger charge is -2.07. The quantitative estimate of drug-likeness (QED) is 0.280. The van der Waals surface area contributed by atoms with Crippen LogP contribution in [0.5, 0.6) is 11.5 Å². The van der Waals surface area contributed by atoms with Gasteiger partial charge in [0.15, 0.2) is 0 Å². The van der Waals surface area contributed by atoms with E-state index in [2.05, 4.69) is 4.99 Å². The predicted octanol–water partition coefficient (Wildman–Crippen LogP) is 6.01. The van der Waals surface area contributed by atoms with Gasteiger partial charge in [0, 0.05) is 17.3 Å². The second-order valence-corrected chi connectivity index (χ2v) is 6.39. The van der Waals surface area contributed by atoms with E-state index in [1.165, 1.54) is 6.07 Å². The first-order valence-electron chi connectivity index (χ1n) is 8.35. The van der Waals surface area contributed by atoms with Crippen LogP contribution in [0.1, 0.15) is 11.1 Å². The van der Waals surface area contributed by atoms with E-state index < -0.39 is 15.5 Å². The number of nitro groups is 2. The van der Waals surface area contributed by atoms with Gasteiger partial charge in [0.2, 0.25) is 5.75 Å². The molecule has 146 valence electrons. The molecule has 0 aliphatic heterocycles. The van der Waals surface area contributed by atoms with E-state index in [0.29, 0.717) is 16.3 Å². The van der Waals surface area contributed by atoms with Crippen molar-refractivity contribution in [3.8, 4) is 11.5 Å². The lowest BCUT2D eigenvalue weighted by Crippen LogP contribution is -1.96. The normalized spacial score (nSPS) is 10.8. The molecule has 0 bridgehead atoms. The zero-order valence-electron chi connectivity index (χ0n) is 15.1. The third-order valence-electron chi connectivity index (χ3n) is 4.03. The Morgan fingerprint density at radius 3 is 2.48 bits per heavy atom. The monoisotopic (exact) mass is 411 g/mol. The van der Waals surface area contributed by atoms with Crippen molar-refractivity contribution in [3.63, 3.8) is 0 Å². The van der Waals surface area contributed by atoms with E-state index in [1.807, 2.05) is 13.0 Å². The van der Waals surface area contributed by atoms with Crippen molar-refractivity contribution in [2.75, 3.05) is 0 Å². The van der Waals surface area contributed by atoms with Gasteiger partial charge in [-0.1, -0.05) is 29.8 Å². The summed E-state index contributed by atoms with van der Waals surface area (Å²) in [7, 11) is 0. The molecule has 0 saturated heterocycles. The van der Waals surface area contributed by atoms with Crippen LogP contribution in [-0.4, -0.2) is 16.1 Å². The topological polar surface area (TPSA) is 108 Å². The Bertz CT molecular complexity index is 1130. The summed E-state index contributed by atoms with van der Waals surface area (Å²) in [4.78, 5) is 25.1. The van der Waals surface area contributed by atoms with Crippen LogP contribution in [0.15, 0.2) is 65.7 Å². The summed E-state index contributed by atoms with van der Waals surface area (Å²) in [5.74, 6) is 0.231. The summed E-state index contributed by atoms with van der Waals surface area (Å²) < 4.78 is 5.59. The molecular weight excluding hydrogens is 398 g/mol. The average molecular weight is 412 g/mol. The summed E-state index contributed by atoms with van der Waals surface area (Å²) in [6.45, 7) is 1.86. The summed E-state index contributed by atoms with van der Waals surface area (Å²) in [6, 6.07) is 15.4. The molecule has 3 aromatic rings. The SMILES string of the molecule is Cc1c(Cl)cccc1N=Cc1cccc(Oc2ccc([N+](=O)[O-])cc2[N+](=O)[O-])c1. The minimum atomic E-state index is -0.727. The van der Waals surface area contributed by atoms with Crippen LogP contribution >= 0.6 is 11.6 Å². The number of aliphatic imine (C=N–C) groups is 1. The molecule has 0 fully saturated rings. The minimum Gasteiger partial charge on any atom is -0.450 e. The maximum absolute atomic E-state index is 11.2. The lowest BCUT2D eigenvalue weighted by molar-refractivity contribution is -0.394. The summed E-state index contributed by atoms with van der Waals surface area (Å²) in [5, 5.41) is 22.7. The smallest absolute Gasteiger partial charge is 0.318 e. The van der Waals surface area contributed by atoms with Gasteiger partial charge in [-0.2, -0.15) is 0 Å². The van der Waals surface area contributed by atoms with Crippen molar-refractivity contribution in [1.82, 2.24) is 0 Å². The lowest BCUT2D eigenvalue weighted by atomic mass is 10.2. The fourth-order valence-corrected chi connectivity index (χ4v) is 2.68. The van der Waals surface area contributed by atoms with Gasteiger partial charge >= 0.3 is 5.69 Å².